The number of hydrogen-bond donors (Lipinski definition) is 0. The number of halogens is 4. The Morgan fingerprint density at radius 3 is 2.27 bits per heavy atom. The lowest BCUT2D eigenvalue weighted by molar-refractivity contribution is -0.138. The Hall–Kier alpha value is -1.03. The van der Waals surface area contributed by atoms with E-state index in [1.165, 1.54) is 13.0 Å². The van der Waals surface area contributed by atoms with E-state index in [9.17, 15) is 18.0 Å². The van der Waals surface area contributed by atoms with Crippen LogP contribution in [-0.2, 0) is 6.18 Å². The molecule has 0 atom stereocenters. The first-order valence-electron chi connectivity index (χ1n) is 4.11. The van der Waals surface area contributed by atoms with Crippen molar-refractivity contribution in [2.24, 2.45) is 0 Å². The van der Waals surface area contributed by atoms with Crippen LogP contribution in [0.1, 0.15) is 28.4 Å². The average molecular weight is 237 g/mol. The largest absolute Gasteiger partial charge is 0.417 e. The average Bonchev–Trinajstić information content (AvgIpc) is 1.99. The molecule has 0 aliphatic heterocycles. The molecule has 1 nitrogen and oxygen atoms in total. The van der Waals surface area contributed by atoms with E-state index in [4.69, 9.17) is 11.6 Å². The standard InChI is InChI=1S/C10H8ClF3O/c1-5-3-7(11)4-8(6(2)15)9(5)10(12,13)14/h3-4H,1-2H3. The predicted octanol–water partition coefficient (Wildman–Crippen LogP) is 3.87. The van der Waals surface area contributed by atoms with Gasteiger partial charge in [-0.2, -0.15) is 13.2 Å². The molecule has 5 heteroatoms. The zero-order valence-corrected chi connectivity index (χ0v) is 8.83. The monoisotopic (exact) mass is 236 g/mol. The van der Waals surface area contributed by atoms with Crippen LogP contribution >= 0.6 is 11.6 Å². The van der Waals surface area contributed by atoms with Crippen LogP contribution in [0.5, 0.6) is 0 Å². The number of Topliss-reactive ketones (excluding diaryl/α,β-unsaturated/α-hetero) is 1. The van der Waals surface area contributed by atoms with E-state index < -0.39 is 17.5 Å². The van der Waals surface area contributed by atoms with E-state index in [0.717, 1.165) is 13.0 Å². The van der Waals surface area contributed by atoms with Gasteiger partial charge >= 0.3 is 6.18 Å². The molecule has 82 valence electrons. The molecule has 0 aliphatic rings. The van der Waals surface area contributed by atoms with Crippen molar-refractivity contribution in [3.8, 4) is 0 Å². The van der Waals surface area contributed by atoms with Gasteiger partial charge in [0, 0.05) is 10.6 Å². The van der Waals surface area contributed by atoms with Crippen LogP contribution in [0.2, 0.25) is 5.02 Å². The van der Waals surface area contributed by atoms with Crippen LogP contribution in [0, 0.1) is 6.92 Å². The first kappa shape index (κ1) is 12.0. The van der Waals surface area contributed by atoms with Crippen molar-refractivity contribution >= 4 is 17.4 Å². The van der Waals surface area contributed by atoms with Crippen LogP contribution in [0.3, 0.4) is 0 Å². The Morgan fingerprint density at radius 2 is 1.87 bits per heavy atom. The lowest BCUT2D eigenvalue weighted by atomic mass is 9.99. The summed E-state index contributed by atoms with van der Waals surface area (Å²) < 4.78 is 37.8. The van der Waals surface area contributed by atoms with Crippen LogP contribution < -0.4 is 0 Å². The molecule has 0 heterocycles. The maximum atomic E-state index is 12.6. The van der Waals surface area contributed by atoms with Gasteiger partial charge in [-0.3, -0.25) is 4.79 Å². The molecule has 0 spiro atoms. The SMILES string of the molecule is CC(=O)c1cc(Cl)cc(C)c1C(F)(F)F. The van der Waals surface area contributed by atoms with Crippen LogP contribution in [0.25, 0.3) is 0 Å². The van der Waals surface area contributed by atoms with Crippen molar-refractivity contribution in [1.82, 2.24) is 0 Å². The minimum absolute atomic E-state index is 0.0415. The molecule has 1 aromatic carbocycles. The molecule has 0 saturated carbocycles. The zero-order chi connectivity index (χ0) is 11.8. The van der Waals surface area contributed by atoms with Crippen molar-refractivity contribution in [3.63, 3.8) is 0 Å². The Bertz CT molecular complexity index is 410. The Kier molecular flexibility index (Phi) is 3.09. The molecule has 0 bridgehead atoms. The molecule has 1 aromatic rings. The summed E-state index contributed by atoms with van der Waals surface area (Å²) in [7, 11) is 0. The number of hydrogen-bond acceptors (Lipinski definition) is 1. The maximum absolute atomic E-state index is 12.6. The third-order valence-electron chi connectivity index (χ3n) is 1.96. The summed E-state index contributed by atoms with van der Waals surface area (Å²) >= 11 is 5.60. The fourth-order valence-corrected chi connectivity index (χ4v) is 1.67. The molecule has 0 amide bonds. The van der Waals surface area contributed by atoms with Gasteiger partial charge in [-0.05, 0) is 31.5 Å². The number of alkyl halides is 3. The summed E-state index contributed by atoms with van der Waals surface area (Å²) in [5.41, 5.74) is -1.33. The van der Waals surface area contributed by atoms with Gasteiger partial charge in [-0.15, -0.1) is 0 Å². The van der Waals surface area contributed by atoms with E-state index in [2.05, 4.69) is 0 Å². The Labute approximate surface area is 89.9 Å². The highest BCUT2D eigenvalue weighted by Crippen LogP contribution is 2.36. The number of aryl methyl sites for hydroxylation is 1. The van der Waals surface area contributed by atoms with Gasteiger partial charge < -0.3 is 0 Å². The van der Waals surface area contributed by atoms with Gasteiger partial charge in [0.1, 0.15) is 0 Å². The van der Waals surface area contributed by atoms with E-state index in [0.29, 0.717) is 0 Å². The van der Waals surface area contributed by atoms with Crippen molar-refractivity contribution in [1.29, 1.82) is 0 Å². The minimum atomic E-state index is -4.53. The molecule has 15 heavy (non-hydrogen) atoms. The van der Waals surface area contributed by atoms with Crippen molar-refractivity contribution in [2.45, 2.75) is 20.0 Å². The molecule has 1 rings (SSSR count). The highest BCUT2D eigenvalue weighted by atomic mass is 35.5. The molecule has 0 aliphatic carbocycles. The second-order valence-electron chi connectivity index (χ2n) is 3.20. The van der Waals surface area contributed by atoms with Gasteiger partial charge in [0.25, 0.3) is 0 Å². The Morgan fingerprint density at radius 1 is 1.33 bits per heavy atom. The molecule has 0 unspecified atom stereocenters. The Balaban J connectivity index is 3.55. The molecular formula is C10H8ClF3O. The fraction of sp³-hybridized carbons (Fsp3) is 0.300. The first-order chi connectivity index (χ1) is 6.73. The highest BCUT2D eigenvalue weighted by molar-refractivity contribution is 6.31. The zero-order valence-electron chi connectivity index (χ0n) is 8.07. The molecule has 0 fully saturated rings. The number of benzene rings is 1. The summed E-state index contributed by atoms with van der Waals surface area (Å²) in [5.74, 6) is -0.645. The van der Waals surface area contributed by atoms with Gasteiger partial charge in [-0.1, -0.05) is 11.6 Å². The minimum Gasteiger partial charge on any atom is -0.294 e. The lowest BCUT2D eigenvalue weighted by Gasteiger charge is -2.14. The summed E-state index contributed by atoms with van der Waals surface area (Å²) in [4.78, 5) is 11.1. The van der Waals surface area contributed by atoms with Crippen molar-refractivity contribution in [3.05, 3.63) is 33.8 Å². The topological polar surface area (TPSA) is 17.1 Å². The molecular weight excluding hydrogens is 229 g/mol. The summed E-state index contributed by atoms with van der Waals surface area (Å²) in [6, 6.07) is 2.23. The van der Waals surface area contributed by atoms with Crippen molar-refractivity contribution < 1.29 is 18.0 Å². The summed E-state index contributed by atoms with van der Waals surface area (Å²) in [5, 5.41) is 0.130. The summed E-state index contributed by atoms with van der Waals surface area (Å²) in [6.45, 7) is 2.36. The number of carbonyl (C=O) groups is 1. The van der Waals surface area contributed by atoms with Crippen LogP contribution in [0.15, 0.2) is 12.1 Å². The van der Waals surface area contributed by atoms with E-state index in [1.807, 2.05) is 0 Å². The second kappa shape index (κ2) is 3.85. The van der Waals surface area contributed by atoms with E-state index >= 15 is 0 Å². The van der Waals surface area contributed by atoms with E-state index in [-0.39, 0.29) is 16.1 Å². The highest BCUT2D eigenvalue weighted by Gasteiger charge is 2.36. The van der Waals surface area contributed by atoms with Gasteiger partial charge in [-0.25, -0.2) is 0 Å². The predicted molar refractivity (Wildman–Crippen MR) is 51.2 cm³/mol. The van der Waals surface area contributed by atoms with Gasteiger partial charge in [0.2, 0.25) is 0 Å². The quantitative estimate of drug-likeness (QED) is 0.677. The lowest BCUT2D eigenvalue weighted by Crippen LogP contribution is -2.13. The first-order valence-corrected chi connectivity index (χ1v) is 4.49. The molecule has 0 radical (unpaired) electrons. The summed E-state index contributed by atoms with van der Waals surface area (Å²) in [6.07, 6.45) is -4.53. The van der Waals surface area contributed by atoms with Gasteiger partial charge in [0.05, 0.1) is 5.56 Å². The number of ketones is 1. The fourth-order valence-electron chi connectivity index (χ4n) is 1.40. The smallest absolute Gasteiger partial charge is 0.294 e. The third-order valence-corrected chi connectivity index (χ3v) is 2.18. The van der Waals surface area contributed by atoms with Gasteiger partial charge in [0.15, 0.2) is 5.78 Å². The van der Waals surface area contributed by atoms with Crippen molar-refractivity contribution in [2.75, 3.05) is 0 Å². The second-order valence-corrected chi connectivity index (χ2v) is 3.64. The molecule has 0 saturated heterocycles. The normalized spacial score (nSPS) is 11.6. The van der Waals surface area contributed by atoms with Crippen LogP contribution in [-0.4, -0.2) is 5.78 Å². The number of rotatable bonds is 1. The number of carbonyl (C=O) groups excluding carboxylic acids is 1. The van der Waals surface area contributed by atoms with Crippen LogP contribution in [0.4, 0.5) is 13.2 Å². The third kappa shape index (κ3) is 2.50. The van der Waals surface area contributed by atoms with E-state index in [1.54, 1.807) is 0 Å². The maximum Gasteiger partial charge on any atom is 0.417 e. The molecule has 0 N–H and O–H groups in total. The molecule has 0 aromatic heterocycles.